The van der Waals surface area contributed by atoms with E-state index in [1.54, 1.807) is 13.0 Å². The van der Waals surface area contributed by atoms with E-state index in [-0.39, 0.29) is 35.7 Å². The highest BCUT2D eigenvalue weighted by molar-refractivity contribution is 5.92. The van der Waals surface area contributed by atoms with Crippen LogP contribution in [0.4, 0.5) is 0 Å². The Morgan fingerprint density at radius 3 is 1.87 bits per heavy atom. The molecule has 0 N–H and O–H groups in total. The topological polar surface area (TPSA) is 69.7 Å². The number of hydrogen-bond donors (Lipinski definition) is 0. The number of ketones is 1. The Morgan fingerprint density at radius 1 is 0.957 bits per heavy atom. The second-order valence-corrected chi connectivity index (χ2v) is 6.25. The normalized spacial score (nSPS) is 16.7. The van der Waals surface area contributed by atoms with Gasteiger partial charge in [0, 0.05) is 19.8 Å². The van der Waals surface area contributed by atoms with E-state index in [2.05, 4.69) is 0 Å². The summed E-state index contributed by atoms with van der Waals surface area (Å²) in [5.74, 6) is -1.22. The number of ether oxygens (including phenoxy) is 2. The molecule has 0 rings (SSSR count). The first kappa shape index (κ1) is 21.4. The second-order valence-electron chi connectivity index (χ2n) is 6.25. The summed E-state index contributed by atoms with van der Waals surface area (Å²) in [5, 5.41) is 0. The Bertz CT molecular complexity index is 439. The van der Waals surface area contributed by atoms with Crippen molar-refractivity contribution >= 4 is 17.7 Å². The summed E-state index contributed by atoms with van der Waals surface area (Å²) in [6, 6.07) is 0. The molecule has 0 aliphatic heterocycles. The summed E-state index contributed by atoms with van der Waals surface area (Å²) in [6.07, 6.45) is 3.31. The highest BCUT2D eigenvalue weighted by atomic mass is 16.5. The van der Waals surface area contributed by atoms with Crippen LogP contribution in [0.3, 0.4) is 0 Å². The van der Waals surface area contributed by atoms with Crippen LogP contribution in [0.25, 0.3) is 0 Å². The van der Waals surface area contributed by atoms with Crippen molar-refractivity contribution in [2.24, 2.45) is 17.8 Å². The van der Waals surface area contributed by atoms with Gasteiger partial charge in [-0.3, -0.25) is 14.4 Å². The van der Waals surface area contributed by atoms with Gasteiger partial charge in [-0.2, -0.15) is 0 Å². The van der Waals surface area contributed by atoms with Gasteiger partial charge in [0.25, 0.3) is 0 Å². The summed E-state index contributed by atoms with van der Waals surface area (Å²) >= 11 is 0. The predicted octanol–water partition coefficient (Wildman–Crippen LogP) is 3.31. The molecule has 5 nitrogen and oxygen atoms in total. The van der Waals surface area contributed by atoms with Gasteiger partial charge in [-0.15, -0.1) is 0 Å². The van der Waals surface area contributed by atoms with Crippen molar-refractivity contribution in [1.82, 2.24) is 0 Å². The first-order valence-electron chi connectivity index (χ1n) is 8.16. The molecule has 0 aliphatic rings. The Morgan fingerprint density at radius 2 is 1.48 bits per heavy atom. The van der Waals surface area contributed by atoms with Crippen LogP contribution >= 0.6 is 0 Å². The van der Waals surface area contributed by atoms with Crippen molar-refractivity contribution in [2.45, 2.75) is 67.1 Å². The number of hydrogen-bond acceptors (Lipinski definition) is 5. The van der Waals surface area contributed by atoms with Crippen LogP contribution in [0, 0.1) is 17.8 Å². The van der Waals surface area contributed by atoms with Crippen molar-refractivity contribution < 1.29 is 23.9 Å². The van der Waals surface area contributed by atoms with Crippen molar-refractivity contribution in [2.75, 3.05) is 0 Å². The highest BCUT2D eigenvalue weighted by Crippen LogP contribution is 2.20. The van der Waals surface area contributed by atoms with Gasteiger partial charge < -0.3 is 9.47 Å². The van der Waals surface area contributed by atoms with Crippen LogP contribution in [0.5, 0.6) is 0 Å². The van der Waals surface area contributed by atoms with Gasteiger partial charge >= 0.3 is 11.9 Å². The molecule has 0 amide bonds. The molecule has 4 atom stereocenters. The molecule has 0 aromatic carbocycles. The average Bonchev–Trinajstić information content (AvgIpc) is 2.43. The van der Waals surface area contributed by atoms with Gasteiger partial charge in [-0.05, 0) is 25.3 Å². The van der Waals surface area contributed by atoms with Gasteiger partial charge in [-0.1, -0.05) is 33.8 Å². The van der Waals surface area contributed by atoms with Gasteiger partial charge in [0.15, 0.2) is 5.78 Å². The third-order valence-electron chi connectivity index (χ3n) is 3.83. The van der Waals surface area contributed by atoms with Gasteiger partial charge in [-0.25, -0.2) is 0 Å². The van der Waals surface area contributed by atoms with E-state index in [0.717, 1.165) is 6.42 Å². The van der Waals surface area contributed by atoms with Crippen molar-refractivity contribution in [3.63, 3.8) is 0 Å². The number of carbonyl (C=O) groups excluding carboxylic acids is 3. The Balaban J connectivity index is 4.92. The van der Waals surface area contributed by atoms with E-state index in [1.807, 2.05) is 27.7 Å². The summed E-state index contributed by atoms with van der Waals surface area (Å²) in [4.78, 5) is 34.6. The second kappa shape index (κ2) is 10.2. The minimum absolute atomic E-state index is 0.0266. The lowest BCUT2D eigenvalue weighted by Crippen LogP contribution is -2.33. The summed E-state index contributed by atoms with van der Waals surface area (Å²) < 4.78 is 10.4. The standard InChI is InChI=1S/C18H30O5/c1-8-16(13(5)22-14(6)19)9-10-17(21)12(4)18(11(2)3)23-15(7)20/h9-13,16,18H,8H2,1-7H3/b10-9+. The quantitative estimate of drug-likeness (QED) is 0.480. The smallest absolute Gasteiger partial charge is 0.302 e. The Labute approximate surface area is 139 Å². The molecule has 0 aromatic rings. The molecular weight excluding hydrogens is 296 g/mol. The molecule has 0 saturated carbocycles. The molecule has 0 fully saturated rings. The van der Waals surface area contributed by atoms with Crippen LogP contribution in [0.15, 0.2) is 12.2 Å². The molecule has 0 heterocycles. The zero-order valence-corrected chi connectivity index (χ0v) is 15.3. The molecule has 5 heteroatoms. The lowest BCUT2D eigenvalue weighted by Gasteiger charge is -2.25. The van der Waals surface area contributed by atoms with E-state index in [9.17, 15) is 14.4 Å². The molecule has 0 bridgehead atoms. The number of allylic oxidation sites excluding steroid dienone is 1. The number of carbonyl (C=O) groups is 3. The molecule has 132 valence electrons. The maximum atomic E-state index is 12.3. The highest BCUT2D eigenvalue weighted by Gasteiger charge is 2.28. The van der Waals surface area contributed by atoms with Crippen LogP contribution in [-0.2, 0) is 23.9 Å². The van der Waals surface area contributed by atoms with E-state index in [0.29, 0.717) is 0 Å². The van der Waals surface area contributed by atoms with Crippen LogP contribution in [-0.4, -0.2) is 29.9 Å². The van der Waals surface area contributed by atoms with Crippen molar-refractivity contribution in [3.05, 3.63) is 12.2 Å². The third kappa shape index (κ3) is 7.95. The fourth-order valence-electron chi connectivity index (χ4n) is 2.51. The molecule has 0 radical (unpaired) electrons. The molecule has 0 aromatic heterocycles. The predicted molar refractivity (Wildman–Crippen MR) is 88.7 cm³/mol. The number of esters is 2. The lowest BCUT2D eigenvalue weighted by atomic mass is 9.90. The van der Waals surface area contributed by atoms with E-state index in [4.69, 9.17) is 9.47 Å². The van der Waals surface area contributed by atoms with Crippen LogP contribution in [0.2, 0.25) is 0 Å². The van der Waals surface area contributed by atoms with E-state index >= 15 is 0 Å². The van der Waals surface area contributed by atoms with Gasteiger partial charge in [0.05, 0.1) is 5.92 Å². The SMILES string of the molecule is CCC(/C=C/C(=O)C(C)C(OC(C)=O)C(C)C)C(C)OC(C)=O. The third-order valence-corrected chi connectivity index (χ3v) is 3.83. The maximum absolute atomic E-state index is 12.3. The fraction of sp³-hybridized carbons (Fsp3) is 0.722. The largest absolute Gasteiger partial charge is 0.462 e. The van der Waals surface area contributed by atoms with Gasteiger partial charge in [0.2, 0.25) is 0 Å². The molecule has 23 heavy (non-hydrogen) atoms. The lowest BCUT2D eigenvalue weighted by molar-refractivity contribution is -0.153. The van der Waals surface area contributed by atoms with Gasteiger partial charge in [0.1, 0.15) is 12.2 Å². The first-order valence-corrected chi connectivity index (χ1v) is 8.16. The first-order chi connectivity index (χ1) is 10.6. The van der Waals surface area contributed by atoms with Crippen LogP contribution in [0.1, 0.15) is 54.9 Å². The molecule has 0 aliphatic carbocycles. The molecular formula is C18H30O5. The molecule has 0 saturated heterocycles. The zero-order chi connectivity index (χ0) is 18.2. The monoisotopic (exact) mass is 326 g/mol. The average molecular weight is 326 g/mol. The Hall–Kier alpha value is -1.65. The zero-order valence-electron chi connectivity index (χ0n) is 15.3. The summed E-state index contributed by atoms with van der Waals surface area (Å²) in [7, 11) is 0. The van der Waals surface area contributed by atoms with Crippen LogP contribution < -0.4 is 0 Å². The maximum Gasteiger partial charge on any atom is 0.302 e. The van der Waals surface area contributed by atoms with E-state index < -0.39 is 12.0 Å². The van der Waals surface area contributed by atoms with E-state index in [1.165, 1.54) is 19.9 Å². The summed E-state index contributed by atoms with van der Waals surface area (Å²) in [6.45, 7) is 12.1. The summed E-state index contributed by atoms with van der Waals surface area (Å²) in [5.41, 5.74) is 0. The van der Waals surface area contributed by atoms with Crippen molar-refractivity contribution in [3.8, 4) is 0 Å². The van der Waals surface area contributed by atoms with Crippen molar-refractivity contribution in [1.29, 1.82) is 0 Å². The minimum Gasteiger partial charge on any atom is -0.462 e. The molecule has 4 unspecified atom stereocenters. The molecule has 0 spiro atoms. The minimum atomic E-state index is -0.449. The number of rotatable bonds is 9. The Kier molecular flexibility index (Phi) is 9.46. The fourth-order valence-corrected chi connectivity index (χ4v) is 2.51.